The SMILES string of the molecule is CC(=CCCBr)Cc1nc2ccccc2s1. The molecule has 1 heterocycles. The van der Waals surface area contributed by atoms with Gasteiger partial charge in [0.15, 0.2) is 0 Å². The van der Waals surface area contributed by atoms with E-state index < -0.39 is 0 Å². The molecule has 0 fully saturated rings. The fourth-order valence-corrected chi connectivity index (χ4v) is 2.90. The third kappa shape index (κ3) is 2.92. The third-order valence-electron chi connectivity index (χ3n) is 2.37. The van der Waals surface area contributed by atoms with Crippen LogP contribution in [0.15, 0.2) is 35.9 Å². The van der Waals surface area contributed by atoms with Gasteiger partial charge in [0, 0.05) is 11.8 Å². The van der Waals surface area contributed by atoms with Crippen molar-refractivity contribution in [3.05, 3.63) is 40.9 Å². The van der Waals surface area contributed by atoms with Crippen LogP contribution < -0.4 is 0 Å². The van der Waals surface area contributed by atoms with Crippen molar-refractivity contribution in [2.75, 3.05) is 5.33 Å². The molecule has 0 spiro atoms. The van der Waals surface area contributed by atoms with Gasteiger partial charge in [0.1, 0.15) is 0 Å². The zero-order valence-electron chi connectivity index (χ0n) is 9.24. The summed E-state index contributed by atoms with van der Waals surface area (Å²) in [5, 5.41) is 2.24. The number of nitrogens with zero attached hydrogens (tertiary/aromatic N) is 1. The van der Waals surface area contributed by atoms with Gasteiger partial charge in [-0.1, -0.05) is 39.7 Å². The highest BCUT2D eigenvalue weighted by Gasteiger charge is 2.03. The first-order chi connectivity index (χ1) is 7.79. The number of alkyl halides is 1. The molecule has 0 bridgehead atoms. The van der Waals surface area contributed by atoms with E-state index in [9.17, 15) is 0 Å². The summed E-state index contributed by atoms with van der Waals surface area (Å²) in [5.74, 6) is 0. The second-order valence-corrected chi connectivity index (χ2v) is 5.69. The standard InChI is InChI=1S/C13H14BrNS/c1-10(5-4-8-14)9-13-15-11-6-2-3-7-12(11)16-13/h2-3,5-7H,4,8-9H2,1H3. The van der Waals surface area contributed by atoms with Crippen LogP contribution in [0.1, 0.15) is 18.4 Å². The maximum absolute atomic E-state index is 4.63. The number of halogens is 1. The second kappa shape index (κ2) is 5.60. The van der Waals surface area contributed by atoms with Crippen LogP contribution in [0, 0.1) is 0 Å². The Labute approximate surface area is 108 Å². The molecule has 3 heteroatoms. The summed E-state index contributed by atoms with van der Waals surface area (Å²) in [6, 6.07) is 8.32. The van der Waals surface area contributed by atoms with E-state index in [1.54, 1.807) is 11.3 Å². The molecule has 0 aliphatic carbocycles. The maximum atomic E-state index is 4.63. The van der Waals surface area contributed by atoms with Gasteiger partial charge < -0.3 is 0 Å². The molecule has 1 aromatic heterocycles. The highest BCUT2D eigenvalue weighted by atomic mass is 79.9. The van der Waals surface area contributed by atoms with Gasteiger partial charge in [-0.05, 0) is 25.5 Å². The van der Waals surface area contributed by atoms with Crippen molar-refractivity contribution in [3.8, 4) is 0 Å². The molecule has 0 saturated carbocycles. The van der Waals surface area contributed by atoms with Crippen molar-refractivity contribution in [2.24, 2.45) is 0 Å². The number of benzene rings is 1. The summed E-state index contributed by atoms with van der Waals surface area (Å²) in [6.07, 6.45) is 4.35. The van der Waals surface area contributed by atoms with Crippen LogP contribution in [-0.2, 0) is 6.42 Å². The number of aromatic nitrogens is 1. The minimum absolute atomic E-state index is 0.979. The molecule has 0 unspecified atom stereocenters. The number of thiazole rings is 1. The van der Waals surface area contributed by atoms with Crippen molar-refractivity contribution in [2.45, 2.75) is 19.8 Å². The topological polar surface area (TPSA) is 12.9 Å². The number of hydrogen-bond acceptors (Lipinski definition) is 2. The zero-order valence-corrected chi connectivity index (χ0v) is 11.6. The van der Waals surface area contributed by atoms with E-state index in [1.165, 1.54) is 15.3 Å². The lowest BCUT2D eigenvalue weighted by Gasteiger charge is -1.96. The molecule has 1 aromatic carbocycles. The van der Waals surface area contributed by atoms with Gasteiger partial charge in [-0.15, -0.1) is 11.3 Å². The van der Waals surface area contributed by atoms with Gasteiger partial charge in [-0.2, -0.15) is 0 Å². The van der Waals surface area contributed by atoms with Crippen molar-refractivity contribution < 1.29 is 0 Å². The van der Waals surface area contributed by atoms with E-state index >= 15 is 0 Å². The maximum Gasteiger partial charge on any atom is 0.0978 e. The normalized spacial score (nSPS) is 12.2. The quantitative estimate of drug-likeness (QED) is 0.595. The van der Waals surface area contributed by atoms with Crippen LogP contribution in [0.2, 0.25) is 0 Å². The number of allylic oxidation sites excluding steroid dienone is 2. The molecule has 0 atom stereocenters. The van der Waals surface area contributed by atoms with Gasteiger partial charge in [0.2, 0.25) is 0 Å². The van der Waals surface area contributed by atoms with E-state index in [-0.39, 0.29) is 0 Å². The molecule has 0 aliphatic rings. The third-order valence-corrected chi connectivity index (χ3v) is 3.86. The van der Waals surface area contributed by atoms with E-state index in [0.717, 1.165) is 23.7 Å². The Morgan fingerprint density at radius 3 is 3.00 bits per heavy atom. The Balaban J connectivity index is 2.15. The van der Waals surface area contributed by atoms with Gasteiger partial charge in [0.05, 0.1) is 15.2 Å². The monoisotopic (exact) mass is 295 g/mol. The molecule has 2 aromatic rings. The predicted octanol–water partition coefficient (Wildman–Crippen LogP) is 4.57. The Bertz CT molecular complexity index is 468. The van der Waals surface area contributed by atoms with Gasteiger partial charge in [-0.3, -0.25) is 0 Å². The average molecular weight is 296 g/mol. The number of hydrogen-bond donors (Lipinski definition) is 0. The fourth-order valence-electron chi connectivity index (χ4n) is 1.61. The lowest BCUT2D eigenvalue weighted by atomic mass is 10.2. The van der Waals surface area contributed by atoms with E-state index in [0.29, 0.717) is 0 Å². The molecular weight excluding hydrogens is 282 g/mol. The number of rotatable bonds is 4. The van der Waals surface area contributed by atoms with E-state index in [1.807, 2.05) is 6.07 Å². The van der Waals surface area contributed by atoms with Crippen molar-refractivity contribution in [1.29, 1.82) is 0 Å². The lowest BCUT2D eigenvalue weighted by molar-refractivity contribution is 1.08. The molecule has 0 aliphatic heterocycles. The Hall–Kier alpha value is -0.670. The molecule has 16 heavy (non-hydrogen) atoms. The van der Waals surface area contributed by atoms with Gasteiger partial charge >= 0.3 is 0 Å². The fraction of sp³-hybridized carbons (Fsp3) is 0.308. The lowest BCUT2D eigenvalue weighted by Crippen LogP contribution is -1.85. The average Bonchev–Trinajstić information content (AvgIpc) is 2.68. The van der Waals surface area contributed by atoms with Crippen LogP contribution in [-0.4, -0.2) is 10.3 Å². The van der Waals surface area contributed by atoms with E-state index in [2.05, 4.69) is 52.1 Å². The van der Waals surface area contributed by atoms with Crippen LogP contribution in [0.5, 0.6) is 0 Å². The minimum Gasteiger partial charge on any atom is -0.241 e. The second-order valence-electron chi connectivity index (χ2n) is 3.78. The summed E-state index contributed by atoms with van der Waals surface area (Å²) in [5.41, 5.74) is 2.52. The first-order valence-electron chi connectivity index (χ1n) is 5.35. The zero-order chi connectivity index (χ0) is 11.4. The number of para-hydroxylation sites is 1. The van der Waals surface area contributed by atoms with Crippen molar-refractivity contribution >= 4 is 37.5 Å². The van der Waals surface area contributed by atoms with Gasteiger partial charge in [-0.25, -0.2) is 4.98 Å². The van der Waals surface area contributed by atoms with Crippen LogP contribution >= 0.6 is 27.3 Å². The summed E-state index contributed by atoms with van der Waals surface area (Å²) >= 11 is 5.23. The Kier molecular flexibility index (Phi) is 4.13. The number of fused-ring (bicyclic) bond motifs is 1. The minimum atomic E-state index is 0.979. The first kappa shape index (κ1) is 11.8. The van der Waals surface area contributed by atoms with Crippen LogP contribution in [0.4, 0.5) is 0 Å². The van der Waals surface area contributed by atoms with Crippen molar-refractivity contribution in [3.63, 3.8) is 0 Å². The smallest absolute Gasteiger partial charge is 0.0978 e. The Morgan fingerprint density at radius 2 is 2.25 bits per heavy atom. The molecule has 0 amide bonds. The van der Waals surface area contributed by atoms with E-state index in [4.69, 9.17) is 0 Å². The van der Waals surface area contributed by atoms with Gasteiger partial charge in [0.25, 0.3) is 0 Å². The van der Waals surface area contributed by atoms with Crippen molar-refractivity contribution in [1.82, 2.24) is 4.98 Å². The molecule has 1 nitrogen and oxygen atoms in total. The highest BCUT2D eigenvalue weighted by Crippen LogP contribution is 2.23. The molecule has 0 saturated heterocycles. The summed E-state index contributed by atoms with van der Waals surface area (Å²) in [7, 11) is 0. The summed E-state index contributed by atoms with van der Waals surface area (Å²) < 4.78 is 1.28. The molecule has 0 N–H and O–H groups in total. The highest BCUT2D eigenvalue weighted by molar-refractivity contribution is 9.09. The molecule has 84 valence electrons. The largest absolute Gasteiger partial charge is 0.241 e. The summed E-state index contributed by atoms with van der Waals surface area (Å²) in [4.78, 5) is 4.63. The predicted molar refractivity (Wildman–Crippen MR) is 75.5 cm³/mol. The van der Waals surface area contributed by atoms with Crippen LogP contribution in [0.3, 0.4) is 0 Å². The first-order valence-corrected chi connectivity index (χ1v) is 7.29. The molecular formula is C13H14BrNS. The molecule has 2 rings (SSSR count). The van der Waals surface area contributed by atoms with Crippen LogP contribution in [0.25, 0.3) is 10.2 Å². The summed E-state index contributed by atoms with van der Waals surface area (Å²) in [6.45, 7) is 2.18. The molecule has 0 radical (unpaired) electrons. The Morgan fingerprint density at radius 1 is 1.44 bits per heavy atom.